The zero-order valence-electron chi connectivity index (χ0n) is 9.40. The molecule has 0 aromatic rings. The third-order valence-electron chi connectivity index (χ3n) is 2.18. The van der Waals surface area contributed by atoms with Crippen molar-refractivity contribution in [3.63, 3.8) is 0 Å². The maximum Gasteiger partial charge on any atom is 0.345 e. The zero-order chi connectivity index (χ0) is 11.5. The lowest BCUT2D eigenvalue weighted by atomic mass is 10.00. The van der Waals surface area contributed by atoms with Gasteiger partial charge in [-0.1, -0.05) is 0 Å². The van der Waals surface area contributed by atoms with Crippen LogP contribution in [0.15, 0.2) is 4.99 Å². The van der Waals surface area contributed by atoms with E-state index in [-0.39, 0.29) is 11.9 Å². The third-order valence-corrected chi connectivity index (χ3v) is 2.18. The molecule has 0 bridgehead atoms. The highest BCUT2D eigenvalue weighted by Crippen LogP contribution is 2.14. The first-order valence-electron chi connectivity index (χ1n) is 4.46. The first kappa shape index (κ1) is 12.9. The van der Waals surface area contributed by atoms with Crippen molar-refractivity contribution in [2.24, 2.45) is 10.7 Å². The summed E-state index contributed by atoms with van der Waals surface area (Å²) >= 11 is 0. The lowest BCUT2D eigenvalue weighted by Gasteiger charge is -2.32. The molecule has 14 heavy (non-hydrogen) atoms. The fourth-order valence-corrected chi connectivity index (χ4v) is 0.869. The van der Waals surface area contributed by atoms with E-state index in [2.05, 4.69) is 4.99 Å². The van der Waals surface area contributed by atoms with Gasteiger partial charge in [0.05, 0.1) is 11.6 Å². The van der Waals surface area contributed by atoms with Crippen molar-refractivity contribution >= 4 is 11.9 Å². The van der Waals surface area contributed by atoms with Crippen LogP contribution in [0.2, 0.25) is 0 Å². The number of aliphatic imine (C=N–C) groups is 1. The van der Waals surface area contributed by atoms with Gasteiger partial charge in [-0.3, -0.25) is 0 Å². The Hall–Kier alpha value is -1.10. The number of carbonyl (C=O) groups excluding carboxylic acids is 1. The zero-order valence-corrected chi connectivity index (χ0v) is 9.40. The number of amides is 2. The first-order valence-corrected chi connectivity index (χ1v) is 4.46. The number of aliphatic hydroxyl groups is 1. The van der Waals surface area contributed by atoms with Crippen molar-refractivity contribution in [1.29, 1.82) is 0 Å². The van der Waals surface area contributed by atoms with Gasteiger partial charge in [0.15, 0.2) is 0 Å². The minimum atomic E-state index is -0.956. The Labute approximate surface area is 84.6 Å². The van der Waals surface area contributed by atoms with Crippen molar-refractivity contribution in [2.45, 2.75) is 39.3 Å². The smallest absolute Gasteiger partial charge is 0.345 e. The van der Waals surface area contributed by atoms with Crippen LogP contribution in [0.5, 0.6) is 0 Å². The summed E-state index contributed by atoms with van der Waals surface area (Å²) < 4.78 is 0. The summed E-state index contributed by atoms with van der Waals surface area (Å²) in [4.78, 5) is 16.3. The van der Waals surface area contributed by atoms with E-state index in [9.17, 15) is 9.90 Å². The van der Waals surface area contributed by atoms with Crippen molar-refractivity contribution in [2.75, 3.05) is 7.05 Å². The number of hydrogen-bond acceptors (Lipinski definition) is 2. The Bertz CT molecular complexity index is 239. The number of carbonyl (C=O) groups is 1. The average molecular weight is 201 g/mol. The maximum atomic E-state index is 11.4. The Morgan fingerprint density at radius 2 is 2.00 bits per heavy atom. The highest BCUT2D eigenvalue weighted by molar-refractivity contribution is 5.91. The molecule has 3 N–H and O–H groups in total. The van der Waals surface area contributed by atoms with Crippen LogP contribution in [0, 0.1) is 0 Å². The van der Waals surface area contributed by atoms with E-state index in [1.54, 1.807) is 34.7 Å². The molecule has 0 aliphatic heterocycles. The molecule has 0 spiro atoms. The van der Waals surface area contributed by atoms with E-state index in [1.807, 2.05) is 0 Å². The molecule has 0 aliphatic rings. The number of urea groups is 1. The van der Waals surface area contributed by atoms with Crippen LogP contribution in [0.25, 0.3) is 0 Å². The van der Waals surface area contributed by atoms with Crippen LogP contribution in [0.3, 0.4) is 0 Å². The monoisotopic (exact) mass is 201 g/mol. The first-order chi connectivity index (χ1) is 6.16. The molecule has 0 saturated heterocycles. The molecule has 0 heterocycles. The summed E-state index contributed by atoms with van der Waals surface area (Å²) in [6.07, 6.45) is 0. The van der Waals surface area contributed by atoms with E-state index < -0.39 is 11.6 Å². The van der Waals surface area contributed by atoms with E-state index in [0.29, 0.717) is 0 Å². The number of nitrogens with two attached hydrogens (primary N) is 1. The fraction of sp³-hybridized carbons (Fsp3) is 0.778. The minimum absolute atomic E-state index is 0.213. The molecule has 5 nitrogen and oxygen atoms in total. The van der Waals surface area contributed by atoms with Crippen LogP contribution in [0.1, 0.15) is 27.7 Å². The number of amidine groups is 1. The van der Waals surface area contributed by atoms with E-state index in [4.69, 9.17) is 5.73 Å². The van der Waals surface area contributed by atoms with Crippen LogP contribution in [-0.4, -0.2) is 40.6 Å². The molecular formula is C9H19N3O2. The number of nitrogens with zero attached hydrogens (tertiary/aromatic N) is 2. The molecular weight excluding hydrogens is 182 g/mol. The number of likely N-dealkylation sites (N-methyl/N-ethyl adjacent to an activating group) is 1. The Morgan fingerprint density at radius 3 is 2.29 bits per heavy atom. The summed E-state index contributed by atoms with van der Waals surface area (Å²) in [6, 6.07) is -0.766. The summed E-state index contributed by atoms with van der Waals surface area (Å²) in [5.74, 6) is 0.213. The quantitative estimate of drug-likeness (QED) is 0.506. The van der Waals surface area contributed by atoms with Crippen LogP contribution in [0.4, 0.5) is 4.79 Å². The molecule has 1 atom stereocenters. The van der Waals surface area contributed by atoms with Gasteiger partial charge in [-0.2, -0.15) is 4.99 Å². The molecule has 5 heteroatoms. The van der Waals surface area contributed by atoms with Gasteiger partial charge in [-0.15, -0.1) is 0 Å². The Kier molecular flexibility index (Phi) is 4.07. The largest absolute Gasteiger partial charge is 0.388 e. The minimum Gasteiger partial charge on any atom is -0.388 e. The molecule has 0 fully saturated rings. The molecule has 2 amide bonds. The summed E-state index contributed by atoms with van der Waals surface area (Å²) in [5, 5.41) is 9.67. The SMILES string of the molecule is CC(N)=NC(=O)N(C)C(C)C(C)(C)O. The predicted octanol–water partition coefficient (Wildman–Crippen LogP) is 0.575. The second-order valence-electron chi connectivity index (χ2n) is 3.98. The van der Waals surface area contributed by atoms with Crippen LogP contribution in [-0.2, 0) is 0 Å². The van der Waals surface area contributed by atoms with E-state index >= 15 is 0 Å². The molecule has 0 aromatic heterocycles. The lowest BCUT2D eigenvalue weighted by Crippen LogP contribution is -2.47. The van der Waals surface area contributed by atoms with Gasteiger partial charge >= 0.3 is 6.03 Å². The molecule has 0 saturated carbocycles. The summed E-state index contributed by atoms with van der Waals surface area (Å²) in [6.45, 7) is 6.57. The molecule has 1 unspecified atom stereocenters. The van der Waals surface area contributed by atoms with Crippen molar-refractivity contribution in [3.8, 4) is 0 Å². The maximum absolute atomic E-state index is 11.4. The van der Waals surface area contributed by atoms with Gasteiger partial charge in [-0.05, 0) is 27.7 Å². The normalized spacial score (nSPS) is 15.1. The molecule has 82 valence electrons. The van der Waals surface area contributed by atoms with Crippen LogP contribution < -0.4 is 5.73 Å². The number of hydrogen-bond donors (Lipinski definition) is 2. The van der Waals surface area contributed by atoms with Gasteiger partial charge in [0.1, 0.15) is 5.84 Å². The Balaban J connectivity index is 4.56. The van der Waals surface area contributed by atoms with Crippen molar-refractivity contribution < 1.29 is 9.90 Å². The fourth-order valence-electron chi connectivity index (χ4n) is 0.869. The highest BCUT2D eigenvalue weighted by Gasteiger charge is 2.28. The predicted molar refractivity (Wildman–Crippen MR) is 56.2 cm³/mol. The van der Waals surface area contributed by atoms with Crippen molar-refractivity contribution in [3.05, 3.63) is 0 Å². The molecule has 0 aromatic carbocycles. The molecule has 0 aliphatic carbocycles. The number of rotatable bonds is 2. The highest BCUT2D eigenvalue weighted by atomic mass is 16.3. The molecule has 0 radical (unpaired) electrons. The van der Waals surface area contributed by atoms with Gasteiger partial charge in [-0.25, -0.2) is 4.79 Å². The second-order valence-corrected chi connectivity index (χ2v) is 3.98. The lowest BCUT2D eigenvalue weighted by molar-refractivity contribution is 0.0117. The standard InChI is InChI=1S/C9H19N3O2/c1-6(9(3,4)14)12(5)8(13)11-7(2)10/h6,14H,1-5H3,(H2,10,11,13). The van der Waals surface area contributed by atoms with Gasteiger partial charge < -0.3 is 15.7 Å². The van der Waals surface area contributed by atoms with Gasteiger partial charge in [0.2, 0.25) is 0 Å². The van der Waals surface area contributed by atoms with E-state index in [0.717, 1.165) is 0 Å². The Morgan fingerprint density at radius 1 is 1.57 bits per heavy atom. The van der Waals surface area contributed by atoms with E-state index in [1.165, 1.54) is 4.90 Å². The molecule has 0 rings (SSSR count). The van der Waals surface area contributed by atoms with Gasteiger partial charge in [0, 0.05) is 7.05 Å². The summed E-state index contributed by atoms with van der Waals surface area (Å²) in [7, 11) is 1.58. The van der Waals surface area contributed by atoms with Gasteiger partial charge in [0.25, 0.3) is 0 Å². The third kappa shape index (κ3) is 3.74. The topological polar surface area (TPSA) is 78.9 Å². The summed E-state index contributed by atoms with van der Waals surface area (Å²) in [5.41, 5.74) is 4.32. The van der Waals surface area contributed by atoms with Crippen LogP contribution >= 0.6 is 0 Å². The second kappa shape index (κ2) is 4.41. The van der Waals surface area contributed by atoms with Crippen molar-refractivity contribution in [1.82, 2.24) is 4.90 Å². The average Bonchev–Trinajstić information content (AvgIpc) is 1.98.